The zero-order valence-corrected chi connectivity index (χ0v) is 18.2. The molecular weight excluding hydrogens is 422 g/mol. The molecule has 1 saturated heterocycles. The van der Waals surface area contributed by atoms with Gasteiger partial charge in [0.25, 0.3) is 5.91 Å². The third-order valence-electron chi connectivity index (χ3n) is 5.98. The number of ether oxygens (including phenoxy) is 3. The van der Waals surface area contributed by atoms with Crippen molar-refractivity contribution in [2.45, 2.75) is 69.6 Å². The van der Waals surface area contributed by atoms with Gasteiger partial charge in [-0.15, -0.1) is 0 Å². The normalized spacial score (nSPS) is 24.1. The molecule has 0 N–H and O–H groups in total. The van der Waals surface area contributed by atoms with Crippen molar-refractivity contribution < 1.29 is 19.0 Å². The van der Waals surface area contributed by atoms with Crippen LogP contribution in [-0.2, 0) is 20.7 Å². The van der Waals surface area contributed by atoms with Crippen LogP contribution >= 0.6 is 15.9 Å². The number of halogens is 1. The van der Waals surface area contributed by atoms with Gasteiger partial charge in [-0.3, -0.25) is 4.79 Å². The number of benzene rings is 1. The van der Waals surface area contributed by atoms with Crippen molar-refractivity contribution in [3.05, 3.63) is 27.7 Å². The van der Waals surface area contributed by atoms with Crippen molar-refractivity contribution in [2.75, 3.05) is 26.9 Å². The molecule has 1 amide bonds. The van der Waals surface area contributed by atoms with Crippen LogP contribution in [-0.4, -0.2) is 49.9 Å². The molecule has 2 aliphatic carbocycles. The Balaban J connectivity index is 1.53. The lowest BCUT2D eigenvalue weighted by molar-refractivity contribution is -0.149. The van der Waals surface area contributed by atoms with E-state index >= 15 is 0 Å². The molecule has 28 heavy (non-hydrogen) atoms. The fourth-order valence-electron chi connectivity index (χ4n) is 4.41. The number of rotatable bonds is 8. The van der Waals surface area contributed by atoms with Gasteiger partial charge in [0.1, 0.15) is 11.9 Å². The molecule has 0 aromatic heterocycles. The standard InChI is InChI=1S/C22H30BrNO4/c1-26-10-4-12-28-21-14-17-15(13-18(21)23)6-9-19(17)24(16-7-8-16)22(25)20-5-2-3-11-27-20/h13-14,16,19-20H,2-12H2,1H3/t19-,20-/m1/s1. The molecule has 3 aliphatic rings. The van der Waals surface area contributed by atoms with Crippen LogP contribution in [0.4, 0.5) is 0 Å². The Labute approximate surface area is 175 Å². The smallest absolute Gasteiger partial charge is 0.252 e. The van der Waals surface area contributed by atoms with Crippen LogP contribution in [0.15, 0.2) is 16.6 Å². The van der Waals surface area contributed by atoms with Crippen molar-refractivity contribution in [3.8, 4) is 5.75 Å². The van der Waals surface area contributed by atoms with E-state index in [0.29, 0.717) is 25.9 Å². The number of amides is 1. The summed E-state index contributed by atoms with van der Waals surface area (Å²) in [5, 5.41) is 0. The topological polar surface area (TPSA) is 48.0 Å². The zero-order valence-electron chi connectivity index (χ0n) is 16.6. The molecule has 1 aliphatic heterocycles. The van der Waals surface area contributed by atoms with E-state index in [1.165, 1.54) is 11.1 Å². The second-order valence-corrected chi connectivity index (χ2v) is 8.92. The third-order valence-corrected chi connectivity index (χ3v) is 6.60. The number of carbonyl (C=O) groups excluding carboxylic acids is 1. The minimum atomic E-state index is -0.251. The molecule has 154 valence electrons. The first kappa shape index (κ1) is 20.2. The van der Waals surface area contributed by atoms with E-state index in [0.717, 1.165) is 61.6 Å². The van der Waals surface area contributed by atoms with Gasteiger partial charge in [0.2, 0.25) is 0 Å². The molecule has 1 saturated carbocycles. The molecule has 6 heteroatoms. The van der Waals surface area contributed by atoms with Gasteiger partial charge in [-0.05, 0) is 84.1 Å². The molecule has 0 radical (unpaired) electrons. The van der Waals surface area contributed by atoms with E-state index in [2.05, 4.69) is 33.0 Å². The Morgan fingerprint density at radius 1 is 1.21 bits per heavy atom. The lowest BCUT2D eigenvalue weighted by Crippen LogP contribution is -2.44. The van der Waals surface area contributed by atoms with Crippen LogP contribution in [0.5, 0.6) is 5.75 Å². The summed E-state index contributed by atoms with van der Waals surface area (Å²) >= 11 is 3.65. The van der Waals surface area contributed by atoms with Crippen molar-refractivity contribution >= 4 is 21.8 Å². The van der Waals surface area contributed by atoms with E-state index in [-0.39, 0.29) is 18.1 Å². The van der Waals surface area contributed by atoms with Gasteiger partial charge in [-0.2, -0.15) is 0 Å². The Morgan fingerprint density at radius 2 is 2.07 bits per heavy atom. The Kier molecular flexibility index (Phi) is 6.59. The molecule has 2 fully saturated rings. The van der Waals surface area contributed by atoms with E-state index in [4.69, 9.17) is 14.2 Å². The summed E-state index contributed by atoms with van der Waals surface area (Å²) in [6, 6.07) is 4.85. The maximum atomic E-state index is 13.3. The summed E-state index contributed by atoms with van der Waals surface area (Å²) in [6.45, 7) is 2.02. The van der Waals surface area contributed by atoms with Gasteiger partial charge < -0.3 is 19.1 Å². The number of carbonyl (C=O) groups is 1. The number of aryl methyl sites for hydroxylation is 1. The lowest BCUT2D eigenvalue weighted by atomic mass is 10.0. The van der Waals surface area contributed by atoms with Crippen molar-refractivity contribution in [2.24, 2.45) is 0 Å². The van der Waals surface area contributed by atoms with Crippen molar-refractivity contribution in [1.82, 2.24) is 4.90 Å². The van der Waals surface area contributed by atoms with Gasteiger partial charge in [-0.25, -0.2) is 0 Å². The van der Waals surface area contributed by atoms with Gasteiger partial charge in [0, 0.05) is 32.8 Å². The second kappa shape index (κ2) is 9.14. The van der Waals surface area contributed by atoms with Gasteiger partial charge in [0.05, 0.1) is 17.1 Å². The first-order valence-corrected chi connectivity index (χ1v) is 11.4. The van der Waals surface area contributed by atoms with Crippen LogP contribution in [0.1, 0.15) is 62.1 Å². The Hall–Kier alpha value is -1.11. The summed E-state index contributed by atoms with van der Waals surface area (Å²) in [7, 11) is 1.70. The monoisotopic (exact) mass is 451 g/mol. The number of nitrogens with zero attached hydrogens (tertiary/aromatic N) is 1. The second-order valence-electron chi connectivity index (χ2n) is 8.06. The van der Waals surface area contributed by atoms with Crippen molar-refractivity contribution in [3.63, 3.8) is 0 Å². The minimum absolute atomic E-state index is 0.148. The highest BCUT2D eigenvalue weighted by Gasteiger charge is 2.43. The van der Waals surface area contributed by atoms with Gasteiger partial charge in [0.15, 0.2) is 0 Å². The molecular formula is C22H30BrNO4. The summed E-state index contributed by atoms with van der Waals surface area (Å²) in [6.07, 6.45) is 7.83. The van der Waals surface area contributed by atoms with Crippen LogP contribution < -0.4 is 4.74 Å². The Bertz CT molecular complexity index is 700. The molecule has 0 unspecified atom stereocenters. The van der Waals surface area contributed by atoms with Crippen molar-refractivity contribution in [1.29, 1.82) is 0 Å². The molecule has 0 bridgehead atoms. The predicted molar refractivity (Wildman–Crippen MR) is 111 cm³/mol. The molecule has 5 nitrogen and oxygen atoms in total. The van der Waals surface area contributed by atoms with E-state index in [9.17, 15) is 4.79 Å². The average Bonchev–Trinajstić information content (AvgIpc) is 3.47. The molecule has 0 spiro atoms. The maximum absolute atomic E-state index is 13.3. The third kappa shape index (κ3) is 4.39. The zero-order chi connectivity index (χ0) is 19.5. The summed E-state index contributed by atoms with van der Waals surface area (Å²) in [5.74, 6) is 1.06. The number of hydrogen-bond acceptors (Lipinski definition) is 4. The fraction of sp³-hybridized carbons (Fsp3) is 0.682. The highest BCUT2D eigenvalue weighted by molar-refractivity contribution is 9.10. The lowest BCUT2D eigenvalue weighted by Gasteiger charge is -2.34. The molecule has 1 heterocycles. The quantitative estimate of drug-likeness (QED) is 0.549. The van der Waals surface area contributed by atoms with E-state index in [1.54, 1.807) is 7.11 Å². The van der Waals surface area contributed by atoms with Gasteiger partial charge >= 0.3 is 0 Å². The number of hydrogen-bond donors (Lipinski definition) is 0. The minimum Gasteiger partial charge on any atom is -0.492 e. The fourth-order valence-corrected chi connectivity index (χ4v) is 4.92. The SMILES string of the molecule is COCCCOc1cc2c(cc1Br)CC[C@H]2N(C(=O)[C@H]1CCCCO1)C1CC1. The highest BCUT2D eigenvalue weighted by atomic mass is 79.9. The van der Waals surface area contributed by atoms with Crippen LogP contribution in [0, 0.1) is 0 Å². The van der Waals surface area contributed by atoms with Gasteiger partial charge in [-0.1, -0.05) is 0 Å². The molecule has 2 atom stereocenters. The summed E-state index contributed by atoms with van der Waals surface area (Å²) in [5.41, 5.74) is 2.57. The first-order chi connectivity index (χ1) is 13.7. The average molecular weight is 452 g/mol. The van der Waals surface area contributed by atoms with Crippen LogP contribution in [0.25, 0.3) is 0 Å². The van der Waals surface area contributed by atoms with E-state index in [1.807, 2.05) is 0 Å². The van der Waals surface area contributed by atoms with E-state index < -0.39 is 0 Å². The Morgan fingerprint density at radius 3 is 2.79 bits per heavy atom. The predicted octanol–water partition coefficient (Wildman–Crippen LogP) is 4.41. The number of fused-ring (bicyclic) bond motifs is 1. The first-order valence-electron chi connectivity index (χ1n) is 10.6. The van der Waals surface area contributed by atoms with Crippen LogP contribution in [0.3, 0.4) is 0 Å². The maximum Gasteiger partial charge on any atom is 0.252 e. The largest absolute Gasteiger partial charge is 0.492 e. The molecule has 4 rings (SSSR count). The summed E-state index contributed by atoms with van der Waals surface area (Å²) < 4.78 is 17.9. The van der Waals surface area contributed by atoms with Crippen LogP contribution in [0.2, 0.25) is 0 Å². The molecule has 1 aromatic rings. The highest BCUT2D eigenvalue weighted by Crippen LogP contribution is 2.45. The summed E-state index contributed by atoms with van der Waals surface area (Å²) in [4.78, 5) is 15.5. The molecule has 1 aromatic carbocycles. The number of methoxy groups -OCH3 is 1.